The third-order valence-electron chi connectivity index (χ3n) is 4.62. The van der Waals surface area contributed by atoms with Gasteiger partial charge in [-0.2, -0.15) is 13.2 Å². The van der Waals surface area contributed by atoms with Crippen molar-refractivity contribution < 1.29 is 26.0 Å². The van der Waals surface area contributed by atoms with Crippen LogP contribution in [-0.2, 0) is 22.6 Å². The molecule has 170 valence electrons. The normalized spacial score (nSPS) is 13.5. The van der Waals surface area contributed by atoms with Gasteiger partial charge in [-0.05, 0) is 54.3 Å². The fourth-order valence-corrected chi connectivity index (χ4v) is 3.63. The Morgan fingerprint density at radius 2 is 1.84 bits per heavy atom. The Morgan fingerprint density at radius 3 is 2.42 bits per heavy atom. The number of sulfonamides is 1. The van der Waals surface area contributed by atoms with Crippen molar-refractivity contribution in [1.29, 1.82) is 0 Å². The van der Waals surface area contributed by atoms with Crippen LogP contribution in [0.1, 0.15) is 48.6 Å². The molecule has 31 heavy (non-hydrogen) atoms. The second-order valence-corrected chi connectivity index (χ2v) is 9.06. The van der Waals surface area contributed by atoms with E-state index < -0.39 is 27.6 Å². The van der Waals surface area contributed by atoms with Gasteiger partial charge in [0.15, 0.2) is 0 Å². The van der Waals surface area contributed by atoms with E-state index in [-0.39, 0.29) is 11.7 Å². The van der Waals surface area contributed by atoms with E-state index in [1.807, 2.05) is 13.8 Å². The van der Waals surface area contributed by atoms with E-state index >= 15 is 0 Å². The first-order valence-electron chi connectivity index (χ1n) is 9.78. The second kappa shape index (κ2) is 10.3. The average Bonchev–Trinajstić information content (AvgIpc) is 2.66. The molecule has 0 heterocycles. The molecule has 0 bridgehead atoms. The maximum absolute atomic E-state index is 14.1. The minimum absolute atomic E-state index is 0.121. The highest BCUT2D eigenvalue weighted by atomic mass is 32.2. The molecule has 0 aliphatic heterocycles. The summed E-state index contributed by atoms with van der Waals surface area (Å²) in [7, 11) is -3.57. The van der Waals surface area contributed by atoms with Gasteiger partial charge in [-0.1, -0.05) is 37.6 Å². The van der Waals surface area contributed by atoms with E-state index in [2.05, 4.69) is 10.0 Å². The Morgan fingerprint density at radius 1 is 1.13 bits per heavy atom. The summed E-state index contributed by atoms with van der Waals surface area (Å²) in [6.07, 6.45) is 1.41. The lowest BCUT2D eigenvalue weighted by Gasteiger charge is -2.15. The maximum Gasteiger partial charge on any atom is 0.416 e. The van der Waals surface area contributed by atoms with E-state index in [0.29, 0.717) is 24.1 Å². The van der Waals surface area contributed by atoms with E-state index in [1.165, 1.54) is 24.3 Å². The molecule has 0 saturated carbocycles. The highest BCUT2D eigenvalue weighted by Gasteiger charge is 2.30. The van der Waals surface area contributed by atoms with Crippen molar-refractivity contribution in [3.8, 4) is 0 Å². The van der Waals surface area contributed by atoms with Gasteiger partial charge in [0, 0.05) is 12.6 Å². The van der Waals surface area contributed by atoms with Crippen LogP contribution in [0.4, 0.5) is 23.2 Å². The number of benzene rings is 2. The van der Waals surface area contributed by atoms with Crippen LogP contribution in [-0.4, -0.2) is 21.2 Å². The van der Waals surface area contributed by atoms with Crippen LogP contribution in [0.15, 0.2) is 42.5 Å². The lowest BCUT2D eigenvalue weighted by molar-refractivity contribution is -0.137. The first kappa shape index (κ1) is 24.9. The summed E-state index contributed by atoms with van der Waals surface area (Å²) in [4.78, 5) is 0. The molecule has 0 fully saturated rings. The predicted octanol–water partition coefficient (Wildman–Crippen LogP) is 5.53. The Bertz CT molecular complexity index is 1030. The summed E-state index contributed by atoms with van der Waals surface area (Å²) in [5.74, 6) is -0.680. The minimum atomic E-state index is -4.37. The Balaban J connectivity index is 2.03. The van der Waals surface area contributed by atoms with Gasteiger partial charge in [0.1, 0.15) is 5.82 Å². The van der Waals surface area contributed by atoms with E-state index in [1.54, 1.807) is 18.2 Å². The Labute approximate surface area is 180 Å². The molecule has 0 unspecified atom stereocenters. The standard InChI is InChI=1S/C22H26F4N2O2S/c1-4-6-18-13-19(22(24,25)26)10-8-16(18)7-5-12-27-15(2)17-9-11-21(20(23)14-17)28-31(3,29)30/h5,7-11,13-15,27-28H,4,6,12H2,1-3H3/t15-/m1/s1. The van der Waals surface area contributed by atoms with Gasteiger partial charge in [-0.25, -0.2) is 12.8 Å². The number of rotatable bonds is 9. The smallest absolute Gasteiger partial charge is 0.307 e. The maximum atomic E-state index is 14.1. The van der Waals surface area contributed by atoms with Gasteiger partial charge >= 0.3 is 6.18 Å². The van der Waals surface area contributed by atoms with Crippen LogP contribution in [0.25, 0.3) is 6.08 Å². The molecular formula is C22H26F4N2O2S. The molecule has 0 saturated heterocycles. The number of alkyl halides is 3. The summed E-state index contributed by atoms with van der Waals surface area (Å²) in [5.41, 5.74) is 1.22. The zero-order valence-corrected chi connectivity index (χ0v) is 18.4. The van der Waals surface area contributed by atoms with Crippen molar-refractivity contribution in [1.82, 2.24) is 5.32 Å². The van der Waals surface area contributed by atoms with Crippen molar-refractivity contribution >= 4 is 21.8 Å². The molecule has 1 atom stereocenters. The van der Waals surface area contributed by atoms with Gasteiger partial charge < -0.3 is 5.32 Å². The van der Waals surface area contributed by atoms with Crippen molar-refractivity contribution in [2.24, 2.45) is 0 Å². The summed E-state index contributed by atoms with van der Waals surface area (Å²) in [5, 5.41) is 3.18. The molecule has 0 aliphatic rings. The molecule has 0 amide bonds. The Hall–Kier alpha value is -2.39. The van der Waals surface area contributed by atoms with Crippen LogP contribution in [0.3, 0.4) is 0 Å². The van der Waals surface area contributed by atoms with Gasteiger partial charge in [-0.3, -0.25) is 4.72 Å². The number of aryl methyl sites for hydroxylation is 1. The zero-order valence-electron chi connectivity index (χ0n) is 17.6. The molecule has 0 radical (unpaired) electrons. The summed E-state index contributed by atoms with van der Waals surface area (Å²) in [6.45, 7) is 4.15. The van der Waals surface area contributed by atoms with Gasteiger partial charge in [0.2, 0.25) is 10.0 Å². The molecular weight excluding hydrogens is 432 g/mol. The van der Waals surface area contributed by atoms with Crippen LogP contribution in [0.5, 0.6) is 0 Å². The van der Waals surface area contributed by atoms with E-state index in [4.69, 9.17) is 0 Å². The first-order valence-corrected chi connectivity index (χ1v) is 11.7. The summed E-state index contributed by atoms with van der Waals surface area (Å²) < 4.78 is 77.6. The quantitative estimate of drug-likeness (QED) is 0.486. The molecule has 2 N–H and O–H groups in total. The molecule has 9 heteroatoms. The molecule has 0 aromatic heterocycles. The minimum Gasteiger partial charge on any atom is -0.307 e. The number of hydrogen-bond acceptors (Lipinski definition) is 3. The molecule has 4 nitrogen and oxygen atoms in total. The lowest BCUT2D eigenvalue weighted by Crippen LogP contribution is -2.19. The van der Waals surface area contributed by atoms with Crippen LogP contribution < -0.4 is 10.0 Å². The monoisotopic (exact) mass is 458 g/mol. The largest absolute Gasteiger partial charge is 0.416 e. The predicted molar refractivity (Wildman–Crippen MR) is 116 cm³/mol. The van der Waals surface area contributed by atoms with Crippen molar-refractivity contribution in [2.75, 3.05) is 17.5 Å². The SMILES string of the molecule is CCCc1cc(C(F)(F)F)ccc1C=CCN[C@H](C)c1ccc(NS(C)(=O)=O)c(F)c1. The van der Waals surface area contributed by atoms with Crippen molar-refractivity contribution in [3.05, 3.63) is 70.5 Å². The van der Waals surface area contributed by atoms with Crippen molar-refractivity contribution in [2.45, 2.75) is 38.9 Å². The third kappa shape index (κ3) is 7.66. The fourth-order valence-electron chi connectivity index (χ4n) is 3.06. The highest BCUT2D eigenvalue weighted by Crippen LogP contribution is 2.31. The third-order valence-corrected chi connectivity index (χ3v) is 5.21. The van der Waals surface area contributed by atoms with Crippen LogP contribution in [0.2, 0.25) is 0 Å². The summed E-state index contributed by atoms with van der Waals surface area (Å²) >= 11 is 0. The highest BCUT2D eigenvalue weighted by molar-refractivity contribution is 7.92. The molecule has 0 spiro atoms. The zero-order chi connectivity index (χ0) is 23.2. The van der Waals surface area contributed by atoms with Gasteiger partial charge in [0.05, 0.1) is 17.5 Å². The number of anilines is 1. The number of halogens is 4. The second-order valence-electron chi connectivity index (χ2n) is 7.31. The number of hydrogen-bond donors (Lipinski definition) is 2. The van der Waals surface area contributed by atoms with Crippen LogP contribution >= 0.6 is 0 Å². The Kier molecular flexibility index (Phi) is 8.25. The van der Waals surface area contributed by atoms with Crippen molar-refractivity contribution in [3.63, 3.8) is 0 Å². The number of nitrogens with one attached hydrogen (secondary N) is 2. The molecule has 0 aliphatic carbocycles. The van der Waals surface area contributed by atoms with Gasteiger partial charge in [-0.15, -0.1) is 0 Å². The van der Waals surface area contributed by atoms with Crippen LogP contribution in [0, 0.1) is 5.82 Å². The first-order chi connectivity index (χ1) is 14.4. The van der Waals surface area contributed by atoms with Gasteiger partial charge in [0.25, 0.3) is 0 Å². The van der Waals surface area contributed by atoms with E-state index in [9.17, 15) is 26.0 Å². The molecule has 2 aromatic carbocycles. The van der Waals surface area contributed by atoms with E-state index in [0.717, 1.165) is 24.3 Å². The topological polar surface area (TPSA) is 58.2 Å². The lowest BCUT2D eigenvalue weighted by atomic mass is 9.99. The fraction of sp³-hybridized carbons (Fsp3) is 0.364. The summed E-state index contributed by atoms with van der Waals surface area (Å²) in [6, 6.07) is 7.74. The average molecular weight is 459 g/mol. The molecule has 2 rings (SSSR count). The molecule has 2 aromatic rings.